The molecule has 0 radical (unpaired) electrons. The molecule has 5 nitrogen and oxygen atoms in total. The van der Waals surface area contributed by atoms with E-state index in [1.54, 1.807) is 0 Å². The zero-order chi connectivity index (χ0) is 19.1. The summed E-state index contributed by atoms with van der Waals surface area (Å²) in [6.45, 7) is 4.76. The summed E-state index contributed by atoms with van der Waals surface area (Å²) in [5.41, 5.74) is 1.17. The lowest BCUT2D eigenvalue weighted by Crippen LogP contribution is -2.15. The molecule has 0 aliphatic carbocycles. The number of benzene rings is 2. The minimum absolute atomic E-state index is 0.0764. The van der Waals surface area contributed by atoms with E-state index < -0.39 is 18.2 Å². The molecule has 0 fully saturated rings. The summed E-state index contributed by atoms with van der Waals surface area (Å²) < 4.78 is 19.4. The first-order chi connectivity index (χ1) is 12.3. The minimum Gasteiger partial charge on any atom is -0.493 e. The Labute approximate surface area is 151 Å². The Hall–Kier alpha value is -2.89. The van der Waals surface area contributed by atoms with Crippen molar-refractivity contribution in [2.45, 2.75) is 26.7 Å². The van der Waals surface area contributed by atoms with Crippen LogP contribution in [0.25, 0.3) is 0 Å². The zero-order valence-electron chi connectivity index (χ0n) is 14.8. The molecule has 0 heterocycles. The number of hydrogen-bond donors (Lipinski definition) is 2. The van der Waals surface area contributed by atoms with Gasteiger partial charge >= 0.3 is 5.97 Å². The van der Waals surface area contributed by atoms with Crippen molar-refractivity contribution in [2.75, 3.05) is 11.9 Å². The van der Waals surface area contributed by atoms with Gasteiger partial charge in [-0.2, -0.15) is 0 Å². The summed E-state index contributed by atoms with van der Waals surface area (Å²) in [6, 6.07) is 11.2. The number of aliphatic carboxylic acids is 1. The van der Waals surface area contributed by atoms with Crippen LogP contribution in [0.5, 0.6) is 5.75 Å². The monoisotopic (exact) mass is 359 g/mol. The number of carbonyl (C=O) groups excluding carboxylic acids is 1. The quantitative estimate of drug-likeness (QED) is 0.754. The van der Waals surface area contributed by atoms with Gasteiger partial charge in [0.2, 0.25) is 5.91 Å². The first-order valence-electron chi connectivity index (χ1n) is 8.35. The number of nitrogens with one attached hydrogen (secondary N) is 1. The summed E-state index contributed by atoms with van der Waals surface area (Å²) >= 11 is 0. The number of hydrogen-bond acceptors (Lipinski definition) is 3. The molecule has 0 saturated carbocycles. The number of rotatable bonds is 8. The molecule has 0 unspecified atom stereocenters. The lowest BCUT2D eigenvalue weighted by atomic mass is 10.1. The first-order valence-corrected chi connectivity index (χ1v) is 8.35. The second-order valence-electron chi connectivity index (χ2n) is 6.45. The fraction of sp³-hybridized carbons (Fsp3) is 0.300. The van der Waals surface area contributed by atoms with Gasteiger partial charge in [-0.15, -0.1) is 0 Å². The highest BCUT2D eigenvalue weighted by atomic mass is 19.1. The topological polar surface area (TPSA) is 75.6 Å². The minimum atomic E-state index is -1.11. The van der Waals surface area contributed by atoms with Crippen LogP contribution in [0.2, 0.25) is 0 Å². The molecule has 0 aliphatic rings. The van der Waals surface area contributed by atoms with Crippen LogP contribution < -0.4 is 10.1 Å². The SMILES string of the molecule is CC(C)COc1ccc(CC(=O)Nc2ccc(CC(=O)O)c(F)c2)cc1. The fourth-order valence-electron chi connectivity index (χ4n) is 2.29. The van der Waals surface area contributed by atoms with Gasteiger partial charge < -0.3 is 15.2 Å². The highest BCUT2D eigenvalue weighted by molar-refractivity contribution is 5.92. The Kier molecular flexibility index (Phi) is 6.72. The maximum absolute atomic E-state index is 13.8. The van der Waals surface area contributed by atoms with E-state index in [0.29, 0.717) is 18.2 Å². The molecule has 2 aromatic carbocycles. The molecule has 2 aromatic rings. The maximum atomic E-state index is 13.8. The van der Waals surface area contributed by atoms with Crippen molar-refractivity contribution in [1.82, 2.24) is 0 Å². The Morgan fingerprint density at radius 1 is 1.12 bits per heavy atom. The molecule has 138 valence electrons. The zero-order valence-corrected chi connectivity index (χ0v) is 14.8. The number of halogens is 1. The average molecular weight is 359 g/mol. The average Bonchev–Trinajstić information content (AvgIpc) is 2.56. The van der Waals surface area contributed by atoms with Crippen molar-refractivity contribution in [3.63, 3.8) is 0 Å². The molecule has 1 amide bonds. The van der Waals surface area contributed by atoms with Gasteiger partial charge in [0.15, 0.2) is 0 Å². The van der Waals surface area contributed by atoms with E-state index in [1.165, 1.54) is 12.1 Å². The predicted octanol–water partition coefficient (Wildman–Crippen LogP) is 3.67. The molecule has 0 saturated heterocycles. The summed E-state index contributed by atoms with van der Waals surface area (Å²) in [4.78, 5) is 22.7. The van der Waals surface area contributed by atoms with Crippen molar-refractivity contribution in [2.24, 2.45) is 5.92 Å². The number of amides is 1. The normalized spacial score (nSPS) is 10.6. The van der Waals surface area contributed by atoms with E-state index in [9.17, 15) is 14.0 Å². The molecule has 26 heavy (non-hydrogen) atoms. The van der Waals surface area contributed by atoms with Crippen molar-refractivity contribution in [3.8, 4) is 5.75 Å². The summed E-state index contributed by atoms with van der Waals surface area (Å²) in [7, 11) is 0. The molecule has 2 N–H and O–H groups in total. The molecule has 2 rings (SSSR count). The molecule has 0 aromatic heterocycles. The molecule has 6 heteroatoms. The van der Waals surface area contributed by atoms with Crippen LogP contribution in [-0.4, -0.2) is 23.6 Å². The fourth-order valence-corrected chi connectivity index (χ4v) is 2.29. The summed E-state index contributed by atoms with van der Waals surface area (Å²) in [6.07, 6.45) is -0.256. The van der Waals surface area contributed by atoms with Crippen LogP contribution in [0.4, 0.5) is 10.1 Å². The smallest absolute Gasteiger partial charge is 0.307 e. The summed E-state index contributed by atoms with van der Waals surface area (Å²) in [5, 5.41) is 11.3. The van der Waals surface area contributed by atoms with Gasteiger partial charge in [-0.05, 0) is 41.3 Å². The van der Waals surface area contributed by atoms with Crippen molar-refractivity contribution in [1.29, 1.82) is 0 Å². The van der Waals surface area contributed by atoms with Crippen LogP contribution in [0.15, 0.2) is 42.5 Å². The van der Waals surface area contributed by atoms with E-state index in [2.05, 4.69) is 19.2 Å². The number of anilines is 1. The van der Waals surface area contributed by atoms with Gasteiger partial charge in [-0.25, -0.2) is 4.39 Å². The molecular weight excluding hydrogens is 337 g/mol. The summed E-state index contributed by atoms with van der Waals surface area (Å²) in [5.74, 6) is -0.869. The molecule has 0 atom stereocenters. The van der Waals surface area contributed by atoms with Crippen LogP contribution in [-0.2, 0) is 22.4 Å². The Bertz CT molecular complexity index is 772. The van der Waals surface area contributed by atoms with Crippen molar-refractivity contribution >= 4 is 17.6 Å². The van der Waals surface area contributed by atoms with Crippen molar-refractivity contribution < 1.29 is 23.8 Å². The number of carboxylic acids is 1. The second kappa shape index (κ2) is 8.99. The van der Waals surface area contributed by atoms with Crippen LogP contribution >= 0.6 is 0 Å². The van der Waals surface area contributed by atoms with E-state index >= 15 is 0 Å². The third-order valence-corrected chi connectivity index (χ3v) is 3.55. The van der Waals surface area contributed by atoms with Gasteiger partial charge in [0.25, 0.3) is 0 Å². The number of ether oxygens (including phenoxy) is 1. The Morgan fingerprint density at radius 3 is 2.38 bits per heavy atom. The maximum Gasteiger partial charge on any atom is 0.307 e. The highest BCUT2D eigenvalue weighted by Gasteiger charge is 2.10. The first kappa shape index (κ1) is 19.4. The van der Waals surface area contributed by atoms with Gasteiger partial charge in [0.05, 0.1) is 19.4 Å². The van der Waals surface area contributed by atoms with E-state index in [-0.39, 0.29) is 17.9 Å². The van der Waals surface area contributed by atoms with Crippen LogP contribution in [0.1, 0.15) is 25.0 Å². The molecule has 0 aliphatic heterocycles. The number of carboxylic acid groups (broad SMARTS) is 1. The van der Waals surface area contributed by atoms with Crippen LogP contribution in [0, 0.1) is 11.7 Å². The van der Waals surface area contributed by atoms with Gasteiger partial charge in [0, 0.05) is 5.69 Å². The number of carbonyl (C=O) groups is 2. The third-order valence-electron chi connectivity index (χ3n) is 3.55. The van der Waals surface area contributed by atoms with Gasteiger partial charge in [-0.1, -0.05) is 32.0 Å². The molecule has 0 bridgehead atoms. The third kappa shape index (κ3) is 6.20. The Morgan fingerprint density at radius 2 is 1.81 bits per heavy atom. The predicted molar refractivity (Wildman–Crippen MR) is 96.8 cm³/mol. The van der Waals surface area contributed by atoms with E-state index in [4.69, 9.17) is 9.84 Å². The van der Waals surface area contributed by atoms with Crippen LogP contribution in [0.3, 0.4) is 0 Å². The lowest BCUT2D eigenvalue weighted by molar-refractivity contribution is -0.136. The van der Waals surface area contributed by atoms with Gasteiger partial charge in [0.1, 0.15) is 11.6 Å². The van der Waals surface area contributed by atoms with E-state index in [1.807, 2.05) is 24.3 Å². The Balaban J connectivity index is 1.92. The largest absolute Gasteiger partial charge is 0.493 e. The molecule has 0 spiro atoms. The van der Waals surface area contributed by atoms with E-state index in [0.717, 1.165) is 17.4 Å². The van der Waals surface area contributed by atoms with Gasteiger partial charge in [-0.3, -0.25) is 9.59 Å². The van der Waals surface area contributed by atoms with Crippen molar-refractivity contribution in [3.05, 3.63) is 59.4 Å². The molecular formula is C20H22FNO4. The second-order valence-corrected chi connectivity index (χ2v) is 6.45. The highest BCUT2D eigenvalue weighted by Crippen LogP contribution is 2.17. The lowest BCUT2D eigenvalue weighted by Gasteiger charge is -2.10. The standard InChI is InChI=1S/C20H22FNO4/c1-13(2)12-26-17-7-3-14(4-8-17)9-19(23)22-16-6-5-15(10-20(24)25)18(21)11-16/h3-8,11,13H,9-10,12H2,1-2H3,(H,22,23)(H,24,25).